The highest BCUT2D eigenvalue weighted by molar-refractivity contribution is 5.77. The number of nitrogens with one attached hydrogen (secondary N) is 3. The largest absolute Gasteiger partial charge is 0.383 e. The SMILES string of the molecule is CNCc1cccc(-c2n[nH]c(=O)c3c2NCCC3)c1. The van der Waals surface area contributed by atoms with Crippen LogP contribution in [0.5, 0.6) is 0 Å². The standard InChI is InChI=1S/C15H18N4O/c1-16-9-10-4-2-5-11(8-10)13-14-12(6-3-7-17-14)15(20)19-18-13/h2,4-5,8,16-17H,3,6-7,9H2,1H3,(H,19,20). The first-order valence-corrected chi connectivity index (χ1v) is 6.89. The lowest BCUT2D eigenvalue weighted by Gasteiger charge is -2.19. The molecular weight excluding hydrogens is 252 g/mol. The van der Waals surface area contributed by atoms with Crippen LogP contribution in [0, 0.1) is 0 Å². The molecule has 3 rings (SSSR count). The van der Waals surface area contributed by atoms with E-state index in [0.717, 1.165) is 48.4 Å². The maximum Gasteiger partial charge on any atom is 0.269 e. The van der Waals surface area contributed by atoms with Crippen LogP contribution in [0.1, 0.15) is 17.5 Å². The summed E-state index contributed by atoms with van der Waals surface area (Å²) in [7, 11) is 1.92. The predicted octanol–water partition coefficient (Wildman–Crippen LogP) is 1.51. The molecule has 0 unspecified atom stereocenters. The Morgan fingerprint density at radius 1 is 1.40 bits per heavy atom. The summed E-state index contributed by atoms with van der Waals surface area (Å²) in [5.74, 6) is 0. The van der Waals surface area contributed by atoms with Crippen LogP contribution in [-0.2, 0) is 13.0 Å². The van der Waals surface area contributed by atoms with E-state index in [0.29, 0.717) is 0 Å². The molecule has 1 aliphatic heterocycles. The maximum absolute atomic E-state index is 11.8. The molecule has 0 spiro atoms. The van der Waals surface area contributed by atoms with Gasteiger partial charge in [-0.3, -0.25) is 4.79 Å². The van der Waals surface area contributed by atoms with E-state index in [2.05, 4.69) is 33.0 Å². The molecule has 0 aliphatic carbocycles. The third-order valence-corrected chi connectivity index (χ3v) is 3.57. The van der Waals surface area contributed by atoms with Crippen LogP contribution in [-0.4, -0.2) is 23.8 Å². The topological polar surface area (TPSA) is 69.8 Å². The van der Waals surface area contributed by atoms with Crippen molar-refractivity contribution in [2.75, 3.05) is 18.9 Å². The van der Waals surface area contributed by atoms with Crippen LogP contribution < -0.4 is 16.2 Å². The average Bonchev–Trinajstić information content (AvgIpc) is 2.49. The Labute approximate surface area is 117 Å². The monoisotopic (exact) mass is 270 g/mol. The third kappa shape index (κ3) is 2.32. The van der Waals surface area contributed by atoms with Gasteiger partial charge >= 0.3 is 0 Å². The molecule has 2 heterocycles. The van der Waals surface area contributed by atoms with Gasteiger partial charge in [-0.1, -0.05) is 18.2 Å². The minimum absolute atomic E-state index is 0.0812. The fourth-order valence-corrected chi connectivity index (χ4v) is 2.64. The summed E-state index contributed by atoms with van der Waals surface area (Å²) in [6, 6.07) is 8.22. The average molecular weight is 270 g/mol. The molecule has 1 aromatic heterocycles. The summed E-state index contributed by atoms with van der Waals surface area (Å²) in [4.78, 5) is 11.8. The normalized spacial score (nSPS) is 13.7. The van der Waals surface area contributed by atoms with Gasteiger partial charge in [-0.05, 0) is 31.5 Å². The minimum Gasteiger partial charge on any atom is -0.383 e. The summed E-state index contributed by atoms with van der Waals surface area (Å²) in [5.41, 5.74) is 4.68. The van der Waals surface area contributed by atoms with Crippen molar-refractivity contribution in [3.63, 3.8) is 0 Å². The molecule has 2 aromatic rings. The number of aromatic amines is 1. The maximum atomic E-state index is 11.8. The number of fused-ring (bicyclic) bond motifs is 1. The second-order valence-corrected chi connectivity index (χ2v) is 5.02. The highest BCUT2D eigenvalue weighted by atomic mass is 16.1. The second kappa shape index (κ2) is 5.46. The van der Waals surface area contributed by atoms with Crippen LogP contribution in [0.4, 0.5) is 5.69 Å². The fraction of sp³-hybridized carbons (Fsp3) is 0.333. The molecule has 0 radical (unpaired) electrons. The van der Waals surface area contributed by atoms with Crippen LogP contribution in [0.25, 0.3) is 11.3 Å². The first-order chi connectivity index (χ1) is 9.79. The molecular formula is C15H18N4O. The van der Waals surface area contributed by atoms with Crippen LogP contribution >= 0.6 is 0 Å². The van der Waals surface area contributed by atoms with Crippen molar-refractivity contribution in [2.24, 2.45) is 0 Å². The first-order valence-electron chi connectivity index (χ1n) is 6.89. The Balaban J connectivity index is 2.10. The quantitative estimate of drug-likeness (QED) is 0.791. The van der Waals surface area contributed by atoms with E-state index < -0.39 is 0 Å². The molecule has 0 saturated heterocycles. The lowest BCUT2D eigenvalue weighted by Crippen LogP contribution is -2.24. The van der Waals surface area contributed by atoms with E-state index in [9.17, 15) is 4.79 Å². The van der Waals surface area contributed by atoms with Crippen molar-refractivity contribution >= 4 is 5.69 Å². The van der Waals surface area contributed by atoms with Crippen molar-refractivity contribution in [1.29, 1.82) is 0 Å². The van der Waals surface area contributed by atoms with Crippen molar-refractivity contribution in [2.45, 2.75) is 19.4 Å². The summed E-state index contributed by atoms with van der Waals surface area (Å²) >= 11 is 0. The molecule has 1 aromatic carbocycles. The number of hydrogen-bond acceptors (Lipinski definition) is 4. The second-order valence-electron chi connectivity index (χ2n) is 5.02. The lowest BCUT2D eigenvalue weighted by atomic mass is 10.00. The van der Waals surface area contributed by atoms with Crippen LogP contribution in [0.15, 0.2) is 29.1 Å². The summed E-state index contributed by atoms with van der Waals surface area (Å²) in [6.45, 7) is 1.70. The van der Waals surface area contributed by atoms with Gasteiger partial charge < -0.3 is 10.6 Å². The summed E-state index contributed by atoms with van der Waals surface area (Å²) in [6.07, 6.45) is 1.79. The Morgan fingerprint density at radius 3 is 3.15 bits per heavy atom. The van der Waals surface area contributed by atoms with Gasteiger partial charge in [0.15, 0.2) is 0 Å². The summed E-state index contributed by atoms with van der Waals surface area (Å²) in [5, 5.41) is 13.3. The highest BCUT2D eigenvalue weighted by Crippen LogP contribution is 2.29. The van der Waals surface area contributed by atoms with Gasteiger partial charge in [-0.15, -0.1) is 0 Å². The van der Waals surface area contributed by atoms with Gasteiger partial charge in [0.05, 0.1) is 5.69 Å². The molecule has 3 N–H and O–H groups in total. The Kier molecular flexibility index (Phi) is 3.52. The van der Waals surface area contributed by atoms with Gasteiger partial charge in [0.25, 0.3) is 5.56 Å². The van der Waals surface area contributed by atoms with Crippen LogP contribution in [0.3, 0.4) is 0 Å². The molecule has 5 heteroatoms. The number of nitrogens with zero attached hydrogens (tertiary/aromatic N) is 1. The molecule has 0 amide bonds. The van der Waals surface area contributed by atoms with E-state index in [1.54, 1.807) is 0 Å². The Morgan fingerprint density at radius 2 is 2.30 bits per heavy atom. The highest BCUT2D eigenvalue weighted by Gasteiger charge is 2.18. The van der Waals surface area contributed by atoms with Gasteiger partial charge in [0, 0.05) is 24.2 Å². The number of hydrogen-bond donors (Lipinski definition) is 3. The molecule has 20 heavy (non-hydrogen) atoms. The zero-order valence-electron chi connectivity index (χ0n) is 11.5. The van der Waals surface area contributed by atoms with Crippen molar-refractivity contribution in [3.8, 4) is 11.3 Å². The molecule has 5 nitrogen and oxygen atoms in total. The third-order valence-electron chi connectivity index (χ3n) is 3.57. The number of rotatable bonds is 3. The zero-order valence-corrected chi connectivity index (χ0v) is 11.5. The number of benzene rings is 1. The van der Waals surface area contributed by atoms with Crippen LogP contribution in [0.2, 0.25) is 0 Å². The number of anilines is 1. The fourth-order valence-electron chi connectivity index (χ4n) is 2.64. The Bertz CT molecular complexity index is 678. The van der Waals surface area contributed by atoms with E-state index in [4.69, 9.17) is 0 Å². The minimum atomic E-state index is -0.0812. The number of H-pyrrole nitrogens is 1. The smallest absolute Gasteiger partial charge is 0.269 e. The van der Waals surface area contributed by atoms with Gasteiger partial charge in [-0.2, -0.15) is 5.10 Å². The lowest BCUT2D eigenvalue weighted by molar-refractivity contribution is 0.799. The molecule has 104 valence electrons. The number of aromatic nitrogens is 2. The van der Waals surface area contributed by atoms with E-state index in [1.807, 2.05) is 19.2 Å². The zero-order chi connectivity index (χ0) is 13.9. The van der Waals surface area contributed by atoms with Gasteiger partial charge in [0.1, 0.15) is 5.69 Å². The Hall–Kier alpha value is -2.14. The van der Waals surface area contributed by atoms with Gasteiger partial charge in [0.2, 0.25) is 0 Å². The predicted molar refractivity (Wildman–Crippen MR) is 79.9 cm³/mol. The van der Waals surface area contributed by atoms with Crippen molar-refractivity contribution < 1.29 is 0 Å². The van der Waals surface area contributed by atoms with E-state index in [-0.39, 0.29) is 5.56 Å². The summed E-state index contributed by atoms with van der Waals surface area (Å²) < 4.78 is 0. The first kappa shape index (κ1) is 12.9. The molecule has 1 aliphatic rings. The van der Waals surface area contributed by atoms with Crippen molar-refractivity contribution in [3.05, 3.63) is 45.7 Å². The van der Waals surface area contributed by atoms with Crippen molar-refractivity contribution in [1.82, 2.24) is 15.5 Å². The van der Waals surface area contributed by atoms with E-state index in [1.165, 1.54) is 5.56 Å². The van der Waals surface area contributed by atoms with E-state index >= 15 is 0 Å². The molecule has 0 fully saturated rings. The molecule has 0 bridgehead atoms. The molecule has 0 saturated carbocycles. The van der Waals surface area contributed by atoms with Gasteiger partial charge in [-0.25, -0.2) is 5.10 Å². The molecule has 0 atom stereocenters.